The number of benzene rings is 2. The van der Waals surface area contributed by atoms with Crippen molar-refractivity contribution in [2.45, 2.75) is 38.5 Å². The van der Waals surface area contributed by atoms with Crippen LogP contribution in [-0.4, -0.2) is 23.8 Å². The lowest BCUT2D eigenvalue weighted by Crippen LogP contribution is -2.26. The largest absolute Gasteiger partial charge is 0.619 e. The summed E-state index contributed by atoms with van der Waals surface area (Å²) in [6.45, 7) is -2.87. The number of hydrogen-bond donors (Lipinski definition) is 0. The van der Waals surface area contributed by atoms with E-state index in [1.165, 1.54) is 18.2 Å². The van der Waals surface area contributed by atoms with Crippen LogP contribution in [-0.2, 0) is 22.5 Å². The van der Waals surface area contributed by atoms with Crippen LogP contribution in [0.3, 0.4) is 0 Å². The minimum atomic E-state index is -3.06. The van der Waals surface area contributed by atoms with Crippen molar-refractivity contribution in [1.29, 1.82) is 5.26 Å². The Labute approximate surface area is 243 Å². The van der Waals surface area contributed by atoms with Crippen molar-refractivity contribution in [1.82, 2.24) is 4.57 Å². The Morgan fingerprint density at radius 1 is 1.12 bits per heavy atom. The number of aromatic nitrogens is 2. The van der Waals surface area contributed by atoms with Crippen LogP contribution in [0.1, 0.15) is 35.6 Å². The van der Waals surface area contributed by atoms with E-state index in [2.05, 4.69) is 10.8 Å². The minimum Gasteiger partial charge on any atom is -0.619 e. The summed E-state index contributed by atoms with van der Waals surface area (Å²) in [4.78, 5) is 13.2. The molecule has 4 aromatic rings. The molecular formula is C29H23Cl2F2N3O5. The van der Waals surface area contributed by atoms with Gasteiger partial charge in [0.2, 0.25) is 0 Å². The number of rotatable bonds is 11. The highest BCUT2D eigenvalue weighted by molar-refractivity contribution is 6.35. The second-order valence-corrected chi connectivity index (χ2v) is 10.5. The summed E-state index contributed by atoms with van der Waals surface area (Å²) in [5.41, 5.74) is 2.01. The fourth-order valence-corrected chi connectivity index (χ4v) is 5.00. The zero-order chi connectivity index (χ0) is 29.1. The van der Waals surface area contributed by atoms with Crippen LogP contribution in [0.15, 0.2) is 61.1 Å². The molecule has 212 valence electrons. The van der Waals surface area contributed by atoms with Crippen LogP contribution in [0.2, 0.25) is 10.0 Å². The van der Waals surface area contributed by atoms with Gasteiger partial charge in [0.05, 0.1) is 18.2 Å². The molecule has 1 aliphatic rings. The molecular weight excluding hydrogens is 579 g/mol. The molecule has 2 aromatic heterocycles. The summed E-state index contributed by atoms with van der Waals surface area (Å²) >= 11 is 12.6. The van der Waals surface area contributed by atoms with Crippen LogP contribution < -0.4 is 14.2 Å². The maximum absolute atomic E-state index is 13.2. The van der Waals surface area contributed by atoms with E-state index in [1.807, 2.05) is 0 Å². The number of halogens is 4. The first-order valence-corrected chi connectivity index (χ1v) is 13.4. The highest BCUT2D eigenvalue weighted by Gasteiger charge is 2.26. The molecule has 0 saturated heterocycles. The molecule has 1 atom stereocenters. The van der Waals surface area contributed by atoms with Crippen LogP contribution >= 0.6 is 23.2 Å². The Bertz CT molecular complexity index is 1610. The lowest BCUT2D eigenvalue weighted by atomic mass is 10.0. The van der Waals surface area contributed by atoms with Gasteiger partial charge in [0.1, 0.15) is 22.7 Å². The van der Waals surface area contributed by atoms with Gasteiger partial charge in [-0.2, -0.15) is 18.8 Å². The standard InChI is InChI=1S/C29H23Cl2F2N3O5/c30-22-13-36(38)14-23(31)21(22)11-26(20-4-6-25(41-29(32)33)27(10-20)39-16-17-1-2-17)40-28(37)15-35-8-7-19-9-18(12-34)3-5-24(19)35/h3-10,13-14,17,26,29H,1-2,11,15-16H2. The molecule has 0 aliphatic heterocycles. The Kier molecular flexibility index (Phi) is 8.47. The average molecular weight is 602 g/mol. The fraction of sp³-hybridized carbons (Fsp3) is 0.276. The summed E-state index contributed by atoms with van der Waals surface area (Å²) in [7, 11) is 0. The van der Waals surface area contributed by atoms with Crippen molar-refractivity contribution < 1.29 is 32.5 Å². The van der Waals surface area contributed by atoms with Crippen LogP contribution in [0.25, 0.3) is 10.9 Å². The lowest BCUT2D eigenvalue weighted by molar-refractivity contribution is -0.605. The monoisotopic (exact) mass is 601 g/mol. The van der Waals surface area contributed by atoms with E-state index in [0.717, 1.165) is 36.1 Å². The predicted octanol–water partition coefficient (Wildman–Crippen LogP) is 6.37. The zero-order valence-electron chi connectivity index (χ0n) is 21.4. The summed E-state index contributed by atoms with van der Waals surface area (Å²) < 4.78 is 44.6. The molecule has 0 radical (unpaired) electrons. The fourth-order valence-electron chi connectivity index (χ4n) is 4.40. The highest BCUT2D eigenvalue weighted by atomic mass is 35.5. The van der Waals surface area contributed by atoms with Gasteiger partial charge in [-0.05, 0) is 60.7 Å². The van der Waals surface area contributed by atoms with Crippen LogP contribution in [0, 0.1) is 22.5 Å². The van der Waals surface area contributed by atoms with Crippen molar-refractivity contribution in [3.05, 3.63) is 93.0 Å². The Balaban J connectivity index is 1.45. The van der Waals surface area contributed by atoms with E-state index >= 15 is 0 Å². The number of nitriles is 1. The van der Waals surface area contributed by atoms with Gasteiger partial charge in [-0.25, -0.2) is 0 Å². The van der Waals surface area contributed by atoms with Crippen molar-refractivity contribution >= 4 is 40.1 Å². The quantitative estimate of drug-likeness (QED) is 0.112. The van der Waals surface area contributed by atoms with Gasteiger partial charge >= 0.3 is 12.6 Å². The van der Waals surface area contributed by atoms with Crippen LogP contribution in [0.5, 0.6) is 11.5 Å². The molecule has 5 rings (SSSR count). The van der Waals surface area contributed by atoms with E-state index in [1.54, 1.807) is 35.0 Å². The van der Waals surface area contributed by atoms with Crippen molar-refractivity contribution in [2.75, 3.05) is 6.61 Å². The first-order valence-electron chi connectivity index (χ1n) is 12.7. The van der Waals surface area contributed by atoms with Crippen molar-refractivity contribution in [3.63, 3.8) is 0 Å². The Morgan fingerprint density at radius 3 is 2.56 bits per heavy atom. The molecule has 12 heteroatoms. The zero-order valence-corrected chi connectivity index (χ0v) is 22.9. The SMILES string of the molecule is N#Cc1ccc2c(ccn2CC(=O)OC(Cc2c(Cl)c[n+]([O-])cc2Cl)c2ccc(OC(F)F)c(OCC3CC3)c2)c1. The van der Waals surface area contributed by atoms with Gasteiger partial charge in [0, 0.05) is 29.1 Å². The van der Waals surface area contributed by atoms with Gasteiger partial charge in [-0.1, -0.05) is 29.3 Å². The van der Waals surface area contributed by atoms with Gasteiger partial charge < -0.3 is 24.0 Å². The second-order valence-electron chi connectivity index (χ2n) is 9.64. The number of ether oxygens (including phenoxy) is 3. The molecule has 1 unspecified atom stereocenters. The molecule has 1 fully saturated rings. The number of fused-ring (bicyclic) bond motifs is 1. The topological polar surface area (TPSA) is 100 Å². The van der Waals surface area contributed by atoms with Crippen LogP contribution in [0.4, 0.5) is 8.78 Å². The molecule has 8 nitrogen and oxygen atoms in total. The normalized spacial score (nSPS) is 13.7. The van der Waals surface area contributed by atoms with Gasteiger partial charge in [-0.15, -0.1) is 0 Å². The van der Waals surface area contributed by atoms with E-state index < -0.39 is 18.7 Å². The molecule has 0 amide bonds. The third-order valence-electron chi connectivity index (χ3n) is 6.65. The maximum Gasteiger partial charge on any atom is 0.387 e. The smallest absolute Gasteiger partial charge is 0.387 e. The molecule has 2 heterocycles. The Hall–Kier alpha value is -4.07. The summed E-state index contributed by atoms with van der Waals surface area (Å²) in [5, 5.41) is 21.9. The average Bonchev–Trinajstić information content (AvgIpc) is 3.68. The third-order valence-corrected chi connectivity index (χ3v) is 7.30. The Morgan fingerprint density at radius 2 is 1.88 bits per heavy atom. The second kappa shape index (κ2) is 12.2. The van der Waals surface area contributed by atoms with E-state index in [0.29, 0.717) is 33.9 Å². The number of pyridine rings is 1. The number of carbonyl (C=O) groups is 1. The molecule has 0 N–H and O–H groups in total. The molecule has 0 spiro atoms. The predicted molar refractivity (Wildman–Crippen MR) is 146 cm³/mol. The summed E-state index contributed by atoms with van der Waals surface area (Å²) in [6, 6.07) is 13.3. The van der Waals surface area contributed by atoms with E-state index in [9.17, 15) is 18.8 Å². The molecule has 41 heavy (non-hydrogen) atoms. The minimum absolute atomic E-state index is 0.0146. The molecule has 1 aliphatic carbocycles. The number of alkyl halides is 2. The van der Waals surface area contributed by atoms with Gasteiger partial charge in [0.15, 0.2) is 23.9 Å². The number of nitrogens with zero attached hydrogens (tertiary/aromatic N) is 3. The molecule has 2 aromatic carbocycles. The third kappa shape index (κ3) is 6.99. The number of hydrogen-bond acceptors (Lipinski definition) is 6. The summed E-state index contributed by atoms with van der Waals surface area (Å²) in [6.07, 6.45) is 4.96. The van der Waals surface area contributed by atoms with Crippen molar-refractivity contribution in [2.24, 2.45) is 5.92 Å². The van der Waals surface area contributed by atoms with E-state index in [4.69, 9.17) is 37.9 Å². The molecule has 1 saturated carbocycles. The first kappa shape index (κ1) is 28.5. The van der Waals surface area contributed by atoms with Crippen molar-refractivity contribution in [3.8, 4) is 17.6 Å². The highest BCUT2D eigenvalue weighted by Crippen LogP contribution is 2.38. The number of carbonyl (C=O) groups excluding carboxylic acids is 1. The summed E-state index contributed by atoms with van der Waals surface area (Å²) in [5.74, 6) is -0.323. The van der Waals surface area contributed by atoms with E-state index in [-0.39, 0.29) is 34.5 Å². The maximum atomic E-state index is 13.2. The molecule has 0 bridgehead atoms. The van der Waals surface area contributed by atoms with Gasteiger partial charge in [-0.3, -0.25) is 4.79 Å². The number of esters is 1. The first-order chi connectivity index (χ1) is 19.7. The van der Waals surface area contributed by atoms with Gasteiger partial charge in [0.25, 0.3) is 0 Å². The lowest BCUT2D eigenvalue weighted by Gasteiger charge is -2.21.